The van der Waals surface area contributed by atoms with Gasteiger partial charge in [-0.15, -0.1) is 0 Å². The molecular weight excluding hydrogens is 224 g/mol. The zero-order valence-corrected chi connectivity index (χ0v) is 10.8. The van der Waals surface area contributed by atoms with Crippen molar-refractivity contribution in [3.05, 3.63) is 45.9 Å². The zero-order valence-electron chi connectivity index (χ0n) is 10.8. The molecule has 0 spiro atoms. The summed E-state index contributed by atoms with van der Waals surface area (Å²) in [7, 11) is 1.99. The summed E-state index contributed by atoms with van der Waals surface area (Å²) in [5, 5.41) is 5.28. The first-order valence-corrected chi connectivity index (χ1v) is 6.51. The molecule has 2 N–H and O–H groups in total. The Hall–Kier alpha value is -1.61. The van der Waals surface area contributed by atoms with E-state index in [1.807, 2.05) is 25.2 Å². The van der Waals surface area contributed by atoms with Crippen molar-refractivity contribution in [1.82, 2.24) is 10.3 Å². The van der Waals surface area contributed by atoms with Crippen LogP contribution < -0.4 is 10.9 Å². The Kier molecular flexibility index (Phi) is 2.71. The molecule has 1 aliphatic carbocycles. The Morgan fingerprint density at radius 1 is 1.28 bits per heavy atom. The van der Waals surface area contributed by atoms with Crippen LogP contribution in [0.4, 0.5) is 0 Å². The highest BCUT2D eigenvalue weighted by molar-refractivity contribution is 5.86. The molecule has 0 fully saturated rings. The molecule has 2 unspecified atom stereocenters. The molecule has 3 nitrogen and oxygen atoms in total. The second-order valence-electron chi connectivity index (χ2n) is 5.28. The van der Waals surface area contributed by atoms with E-state index in [1.54, 1.807) is 0 Å². The molecule has 1 aromatic heterocycles. The van der Waals surface area contributed by atoms with Crippen molar-refractivity contribution in [2.45, 2.75) is 25.8 Å². The maximum atomic E-state index is 12.1. The predicted octanol–water partition coefficient (Wildman–Crippen LogP) is 2.37. The molecule has 0 aliphatic heterocycles. The number of aromatic nitrogens is 1. The number of hydrogen-bond acceptors (Lipinski definition) is 2. The van der Waals surface area contributed by atoms with Gasteiger partial charge in [-0.2, -0.15) is 0 Å². The quantitative estimate of drug-likeness (QED) is 0.806. The maximum absolute atomic E-state index is 12.1. The average Bonchev–Trinajstić information content (AvgIpc) is 2.37. The van der Waals surface area contributed by atoms with Crippen molar-refractivity contribution in [3.63, 3.8) is 0 Å². The van der Waals surface area contributed by atoms with Crippen molar-refractivity contribution in [1.29, 1.82) is 0 Å². The lowest BCUT2D eigenvalue weighted by Crippen LogP contribution is -2.29. The fourth-order valence-electron chi connectivity index (χ4n) is 3.12. The van der Waals surface area contributed by atoms with Crippen molar-refractivity contribution >= 4 is 10.8 Å². The minimum absolute atomic E-state index is 0.0355. The van der Waals surface area contributed by atoms with Crippen LogP contribution in [0.1, 0.15) is 30.6 Å². The van der Waals surface area contributed by atoms with Crippen molar-refractivity contribution in [2.75, 3.05) is 7.05 Å². The van der Waals surface area contributed by atoms with Crippen LogP contribution in [0.25, 0.3) is 10.8 Å². The molecule has 0 bridgehead atoms. The first-order chi connectivity index (χ1) is 8.70. The Labute approximate surface area is 106 Å². The van der Waals surface area contributed by atoms with Crippen molar-refractivity contribution in [3.8, 4) is 0 Å². The third kappa shape index (κ3) is 1.66. The van der Waals surface area contributed by atoms with Crippen LogP contribution in [0.15, 0.2) is 29.1 Å². The summed E-state index contributed by atoms with van der Waals surface area (Å²) in [4.78, 5) is 15.1. The molecule has 0 amide bonds. The first-order valence-electron chi connectivity index (χ1n) is 6.51. The molecule has 3 rings (SSSR count). The summed E-state index contributed by atoms with van der Waals surface area (Å²) in [5.74, 6) is 0.603. The highest BCUT2D eigenvalue weighted by atomic mass is 16.1. The van der Waals surface area contributed by atoms with E-state index >= 15 is 0 Å². The van der Waals surface area contributed by atoms with Gasteiger partial charge in [-0.3, -0.25) is 4.79 Å². The predicted molar refractivity (Wildman–Crippen MR) is 73.9 cm³/mol. The number of benzene rings is 1. The van der Waals surface area contributed by atoms with Gasteiger partial charge in [-0.25, -0.2) is 0 Å². The van der Waals surface area contributed by atoms with E-state index in [-0.39, 0.29) is 5.56 Å². The fraction of sp³-hybridized carbons (Fsp3) is 0.400. The maximum Gasteiger partial charge on any atom is 0.256 e. The molecular formula is C15H18N2O. The Bertz CT molecular complexity index is 644. The second kappa shape index (κ2) is 4.25. The monoisotopic (exact) mass is 242 g/mol. The largest absolute Gasteiger partial charge is 0.325 e. The number of H-pyrrole nitrogens is 1. The topological polar surface area (TPSA) is 44.9 Å². The first kappa shape index (κ1) is 11.5. The van der Waals surface area contributed by atoms with Gasteiger partial charge < -0.3 is 10.3 Å². The van der Waals surface area contributed by atoms with E-state index in [4.69, 9.17) is 0 Å². The summed E-state index contributed by atoms with van der Waals surface area (Å²) in [5.41, 5.74) is 2.43. The molecule has 1 heterocycles. The molecule has 1 aliphatic rings. The lowest BCUT2D eigenvalue weighted by Gasteiger charge is -2.30. The molecule has 0 saturated carbocycles. The number of rotatable bonds is 1. The van der Waals surface area contributed by atoms with Gasteiger partial charge in [0.05, 0.1) is 0 Å². The fourth-order valence-corrected chi connectivity index (χ4v) is 3.12. The standard InChI is InChI=1S/C15H18N2O/c1-9-7-12(16-2)14-10-5-3-4-6-11(10)15(18)17-13(14)8-9/h3-6,9,12,16H,7-8H2,1-2H3,(H,17,18). The molecule has 2 aromatic rings. The van der Waals surface area contributed by atoms with Crippen molar-refractivity contribution in [2.24, 2.45) is 5.92 Å². The average molecular weight is 242 g/mol. The SMILES string of the molecule is CNC1CC(C)Cc2[nH]c(=O)c3ccccc3c21. The smallest absolute Gasteiger partial charge is 0.256 e. The third-order valence-corrected chi connectivity index (χ3v) is 3.94. The Morgan fingerprint density at radius 3 is 2.72 bits per heavy atom. The van der Waals surface area contributed by atoms with Gasteiger partial charge in [0.2, 0.25) is 0 Å². The van der Waals surface area contributed by atoms with E-state index < -0.39 is 0 Å². The van der Waals surface area contributed by atoms with Gasteiger partial charge >= 0.3 is 0 Å². The molecule has 0 radical (unpaired) electrons. The minimum Gasteiger partial charge on any atom is -0.325 e. The van der Waals surface area contributed by atoms with Crippen LogP contribution in [-0.4, -0.2) is 12.0 Å². The number of aromatic amines is 1. The number of pyridine rings is 1. The lowest BCUT2D eigenvalue weighted by molar-refractivity contribution is 0.396. The summed E-state index contributed by atoms with van der Waals surface area (Å²) in [6, 6.07) is 8.23. The Balaban J connectivity index is 2.35. The van der Waals surface area contributed by atoms with Crippen LogP contribution in [0.2, 0.25) is 0 Å². The highest BCUT2D eigenvalue weighted by Gasteiger charge is 2.26. The van der Waals surface area contributed by atoms with E-state index in [9.17, 15) is 4.79 Å². The molecule has 2 atom stereocenters. The van der Waals surface area contributed by atoms with Crippen LogP contribution in [0.3, 0.4) is 0 Å². The van der Waals surface area contributed by atoms with E-state index in [1.165, 1.54) is 5.56 Å². The summed E-state index contributed by atoms with van der Waals surface area (Å²) in [6.45, 7) is 2.24. The van der Waals surface area contributed by atoms with Crippen LogP contribution in [-0.2, 0) is 6.42 Å². The summed E-state index contributed by atoms with van der Waals surface area (Å²) >= 11 is 0. The van der Waals surface area contributed by atoms with Gasteiger partial charge in [-0.1, -0.05) is 25.1 Å². The highest BCUT2D eigenvalue weighted by Crippen LogP contribution is 2.35. The number of nitrogens with one attached hydrogen (secondary N) is 2. The summed E-state index contributed by atoms with van der Waals surface area (Å²) < 4.78 is 0. The Morgan fingerprint density at radius 2 is 2.00 bits per heavy atom. The third-order valence-electron chi connectivity index (χ3n) is 3.94. The van der Waals surface area contributed by atoms with Gasteiger partial charge in [0.1, 0.15) is 0 Å². The van der Waals surface area contributed by atoms with E-state index in [0.29, 0.717) is 12.0 Å². The molecule has 1 aromatic carbocycles. The summed E-state index contributed by atoms with van der Waals surface area (Å²) in [6.07, 6.45) is 2.09. The normalized spacial score (nSPS) is 23.0. The van der Waals surface area contributed by atoms with E-state index in [0.717, 1.165) is 29.3 Å². The van der Waals surface area contributed by atoms with Gasteiger partial charge in [-0.05, 0) is 42.8 Å². The molecule has 0 saturated heterocycles. The van der Waals surface area contributed by atoms with Gasteiger partial charge in [0, 0.05) is 17.1 Å². The van der Waals surface area contributed by atoms with Crippen molar-refractivity contribution < 1.29 is 0 Å². The van der Waals surface area contributed by atoms with Gasteiger partial charge in [0.15, 0.2) is 0 Å². The van der Waals surface area contributed by atoms with Crippen LogP contribution in [0, 0.1) is 5.92 Å². The molecule has 18 heavy (non-hydrogen) atoms. The molecule has 94 valence electrons. The number of fused-ring (bicyclic) bond motifs is 3. The van der Waals surface area contributed by atoms with Crippen LogP contribution in [0.5, 0.6) is 0 Å². The second-order valence-corrected chi connectivity index (χ2v) is 5.28. The van der Waals surface area contributed by atoms with Crippen LogP contribution >= 0.6 is 0 Å². The molecule has 3 heteroatoms. The lowest BCUT2D eigenvalue weighted by atomic mass is 9.82. The van der Waals surface area contributed by atoms with Gasteiger partial charge in [0.25, 0.3) is 5.56 Å². The minimum atomic E-state index is 0.0355. The van der Waals surface area contributed by atoms with E-state index in [2.05, 4.69) is 23.3 Å². The number of hydrogen-bond donors (Lipinski definition) is 2. The zero-order chi connectivity index (χ0) is 12.7.